The lowest BCUT2D eigenvalue weighted by atomic mass is 10.1. The van der Waals surface area contributed by atoms with Gasteiger partial charge in [-0.25, -0.2) is 4.98 Å². The molecule has 0 bridgehead atoms. The normalized spacial score (nSPS) is 10.6. The number of anilines is 1. The third-order valence-corrected chi connectivity index (χ3v) is 4.15. The number of para-hydroxylation sites is 1. The van der Waals surface area contributed by atoms with Gasteiger partial charge in [0.2, 0.25) is 0 Å². The van der Waals surface area contributed by atoms with Crippen LogP contribution in [0.25, 0.3) is 10.2 Å². The Morgan fingerprint density at radius 1 is 1.23 bits per heavy atom. The number of rotatable bonds is 4. The summed E-state index contributed by atoms with van der Waals surface area (Å²) in [6, 6.07) is 13.2. The van der Waals surface area contributed by atoms with Gasteiger partial charge in [0.05, 0.1) is 11.3 Å². The highest BCUT2D eigenvalue weighted by Gasteiger charge is 2.12. The molecule has 0 saturated carbocycles. The van der Waals surface area contributed by atoms with E-state index in [1.165, 1.54) is 11.3 Å². The molecule has 0 fully saturated rings. The predicted molar refractivity (Wildman–Crippen MR) is 89.9 cm³/mol. The van der Waals surface area contributed by atoms with Crippen LogP contribution in [0, 0.1) is 6.92 Å². The number of carbonyl (C=O) groups is 1. The maximum atomic E-state index is 12.2. The molecular formula is C17H16N2O2S. The molecule has 0 radical (unpaired) electrons. The van der Waals surface area contributed by atoms with E-state index in [-0.39, 0.29) is 5.91 Å². The number of amides is 1. The van der Waals surface area contributed by atoms with Crippen LogP contribution in [0.5, 0.6) is 5.75 Å². The van der Waals surface area contributed by atoms with Crippen molar-refractivity contribution in [3.05, 3.63) is 53.6 Å². The van der Waals surface area contributed by atoms with E-state index in [2.05, 4.69) is 10.3 Å². The average molecular weight is 312 g/mol. The van der Waals surface area contributed by atoms with E-state index in [1.807, 2.05) is 56.3 Å². The maximum Gasteiger partial charge on any atom is 0.257 e. The van der Waals surface area contributed by atoms with Crippen LogP contribution in [0.3, 0.4) is 0 Å². The molecular weight excluding hydrogens is 296 g/mol. The van der Waals surface area contributed by atoms with E-state index in [0.29, 0.717) is 17.3 Å². The van der Waals surface area contributed by atoms with Crippen molar-refractivity contribution in [1.82, 2.24) is 4.98 Å². The van der Waals surface area contributed by atoms with Crippen LogP contribution in [0.1, 0.15) is 22.8 Å². The van der Waals surface area contributed by atoms with Crippen molar-refractivity contribution in [3.63, 3.8) is 0 Å². The van der Waals surface area contributed by atoms with E-state index < -0.39 is 0 Å². The minimum absolute atomic E-state index is 0.156. The highest BCUT2D eigenvalue weighted by atomic mass is 32.1. The first-order valence-corrected chi connectivity index (χ1v) is 7.89. The number of ether oxygens (including phenoxy) is 1. The highest BCUT2D eigenvalue weighted by Crippen LogP contribution is 2.32. The lowest BCUT2D eigenvalue weighted by molar-refractivity contribution is 0.102. The molecule has 4 nitrogen and oxygen atoms in total. The van der Waals surface area contributed by atoms with E-state index in [4.69, 9.17) is 4.74 Å². The summed E-state index contributed by atoms with van der Waals surface area (Å²) in [5.74, 6) is 0.587. The Labute approximate surface area is 132 Å². The average Bonchev–Trinajstić information content (AvgIpc) is 2.91. The van der Waals surface area contributed by atoms with Gasteiger partial charge >= 0.3 is 0 Å². The van der Waals surface area contributed by atoms with Crippen molar-refractivity contribution in [2.45, 2.75) is 13.8 Å². The summed E-state index contributed by atoms with van der Waals surface area (Å²) in [5, 5.41) is 3.43. The first-order valence-electron chi connectivity index (χ1n) is 7.07. The number of nitrogens with one attached hydrogen (secondary N) is 1. The Hall–Kier alpha value is -2.40. The second-order valence-corrected chi connectivity index (χ2v) is 5.91. The molecule has 0 spiro atoms. The number of fused-ring (bicyclic) bond motifs is 1. The standard InChI is InChI=1S/C17H16N2O2S/c1-3-21-13-5-4-6-14-15(13)18-17(22-14)19-16(20)12-9-7-11(2)8-10-12/h4-10H,3H2,1-2H3,(H,18,19,20). The van der Waals surface area contributed by atoms with Gasteiger partial charge in [-0.15, -0.1) is 0 Å². The number of aromatic nitrogens is 1. The van der Waals surface area contributed by atoms with Gasteiger partial charge in [-0.05, 0) is 38.1 Å². The zero-order valence-electron chi connectivity index (χ0n) is 12.4. The molecule has 3 aromatic rings. The van der Waals surface area contributed by atoms with Crippen LogP contribution < -0.4 is 10.1 Å². The summed E-state index contributed by atoms with van der Waals surface area (Å²) >= 11 is 1.44. The summed E-state index contributed by atoms with van der Waals surface area (Å²) in [5.41, 5.74) is 2.53. The number of hydrogen-bond donors (Lipinski definition) is 1. The zero-order chi connectivity index (χ0) is 15.5. The third-order valence-electron chi connectivity index (χ3n) is 3.22. The minimum Gasteiger partial charge on any atom is -0.492 e. The maximum absolute atomic E-state index is 12.2. The van der Waals surface area contributed by atoms with Crippen molar-refractivity contribution >= 4 is 32.6 Å². The fourth-order valence-electron chi connectivity index (χ4n) is 2.12. The lowest BCUT2D eigenvalue weighted by Crippen LogP contribution is -2.11. The number of aryl methyl sites for hydroxylation is 1. The third kappa shape index (κ3) is 2.94. The first-order chi connectivity index (χ1) is 10.7. The summed E-state index contributed by atoms with van der Waals surface area (Å²) in [4.78, 5) is 16.7. The van der Waals surface area contributed by atoms with Crippen LogP contribution in [0.15, 0.2) is 42.5 Å². The van der Waals surface area contributed by atoms with Gasteiger partial charge in [-0.2, -0.15) is 0 Å². The highest BCUT2D eigenvalue weighted by molar-refractivity contribution is 7.22. The number of nitrogens with zero attached hydrogens (tertiary/aromatic N) is 1. The van der Waals surface area contributed by atoms with Gasteiger partial charge in [0.15, 0.2) is 5.13 Å². The van der Waals surface area contributed by atoms with Crippen LogP contribution in [0.4, 0.5) is 5.13 Å². The molecule has 1 N–H and O–H groups in total. The van der Waals surface area contributed by atoms with Gasteiger partial charge in [0.25, 0.3) is 5.91 Å². The Morgan fingerprint density at radius 3 is 2.73 bits per heavy atom. The fraction of sp³-hybridized carbons (Fsp3) is 0.176. The Bertz CT molecular complexity index is 809. The van der Waals surface area contributed by atoms with Crippen LogP contribution in [0.2, 0.25) is 0 Å². The van der Waals surface area contributed by atoms with E-state index >= 15 is 0 Å². The molecule has 1 amide bonds. The van der Waals surface area contributed by atoms with Crippen molar-refractivity contribution in [1.29, 1.82) is 0 Å². The molecule has 22 heavy (non-hydrogen) atoms. The Kier molecular flexibility index (Phi) is 4.06. The van der Waals surface area contributed by atoms with Crippen LogP contribution >= 0.6 is 11.3 Å². The SMILES string of the molecule is CCOc1cccc2sc(NC(=O)c3ccc(C)cc3)nc12. The van der Waals surface area contributed by atoms with Crippen molar-refractivity contribution in [2.75, 3.05) is 11.9 Å². The lowest BCUT2D eigenvalue weighted by Gasteiger charge is -2.02. The monoisotopic (exact) mass is 312 g/mol. The Morgan fingerprint density at radius 2 is 2.00 bits per heavy atom. The van der Waals surface area contributed by atoms with Gasteiger partial charge in [0.1, 0.15) is 11.3 Å². The molecule has 1 aromatic heterocycles. The number of thiazole rings is 1. The molecule has 0 aliphatic carbocycles. The zero-order valence-corrected chi connectivity index (χ0v) is 13.2. The summed E-state index contributed by atoms with van der Waals surface area (Å²) in [6.45, 7) is 4.51. The molecule has 5 heteroatoms. The molecule has 3 rings (SSSR count). The topological polar surface area (TPSA) is 51.2 Å². The number of hydrogen-bond acceptors (Lipinski definition) is 4. The van der Waals surface area contributed by atoms with Crippen molar-refractivity contribution in [3.8, 4) is 5.75 Å². The summed E-state index contributed by atoms with van der Waals surface area (Å²) in [6.07, 6.45) is 0. The smallest absolute Gasteiger partial charge is 0.257 e. The molecule has 112 valence electrons. The van der Waals surface area contributed by atoms with Gasteiger partial charge in [-0.3, -0.25) is 10.1 Å². The quantitative estimate of drug-likeness (QED) is 0.783. The molecule has 0 saturated heterocycles. The predicted octanol–water partition coefficient (Wildman–Crippen LogP) is 4.26. The van der Waals surface area contributed by atoms with E-state index in [9.17, 15) is 4.79 Å². The number of benzene rings is 2. The molecule has 0 aliphatic heterocycles. The Balaban J connectivity index is 1.86. The van der Waals surface area contributed by atoms with Gasteiger partial charge < -0.3 is 4.74 Å². The minimum atomic E-state index is -0.156. The van der Waals surface area contributed by atoms with Crippen LogP contribution in [-0.2, 0) is 0 Å². The molecule has 0 aliphatic rings. The largest absolute Gasteiger partial charge is 0.492 e. The van der Waals surface area contributed by atoms with Crippen LogP contribution in [-0.4, -0.2) is 17.5 Å². The van der Waals surface area contributed by atoms with Gasteiger partial charge in [0, 0.05) is 5.56 Å². The molecule has 2 aromatic carbocycles. The van der Waals surface area contributed by atoms with Crippen molar-refractivity contribution in [2.24, 2.45) is 0 Å². The first kappa shape index (κ1) is 14.5. The van der Waals surface area contributed by atoms with Gasteiger partial charge in [-0.1, -0.05) is 35.1 Å². The second kappa shape index (κ2) is 6.15. The summed E-state index contributed by atoms with van der Waals surface area (Å²) in [7, 11) is 0. The molecule has 0 unspecified atom stereocenters. The van der Waals surface area contributed by atoms with E-state index in [1.54, 1.807) is 0 Å². The molecule has 0 atom stereocenters. The fourth-order valence-corrected chi connectivity index (χ4v) is 3.00. The molecule has 1 heterocycles. The van der Waals surface area contributed by atoms with E-state index in [0.717, 1.165) is 21.5 Å². The van der Waals surface area contributed by atoms with Crippen molar-refractivity contribution < 1.29 is 9.53 Å². The number of carbonyl (C=O) groups excluding carboxylic acids is 1. The summed E-state index contributed by atoms with van der Waals surface area (Å²) < 4.78 is 6.56. The second-order valence-electron chi connectivity index (χ2n) is 4.88.